The van der Waals surface area contributed by atoms with Crippen LogP contribution in [-0.2, 0) is 23.9 Å². The Labute approximate surface area is 199 Å². The lowest BCUT2D eigenvalue weighted by molar-refractivity contribution is -0.154. The van der Waals surface area contributed by atoms with E-state index in [0.717, 1.165) is 0 Å². The molecule has 0 radical (unpaired) electrons. The average molecular weight is 530 g/mol. The maximum Gasteiger partial charge on any atom is 0.312 e. The molecule has 2 N–H and O–H groups in total. The second-order valence-electron chi connectivity index (χ2n) is 8.37. The molecular weight excluding hydrogens is 504 g/mol. The van der Waals surface area contributed by atoms with Crippen LogP contribution in [0, 0.1) is 11.8 Å². The zero-order chi connectivity index (χ0) is 23.0. The number of benzene rings is 1. The Morgan fingerprint density at radius 3 is 2.72 bits per heavy atom. The Morgan fingerprint density at radius 2 is 2.06 bits per heavy atom. The molecule has 2 bridgehead atoms. The van der Waals surface area contributed by atoms with E-state index in [2.05, 4.69) is 21.2 Å². The van der Waals surface area contributed by atoms with Gasteiger partial charge >= 0.3 is 5.97 Å². The first kappa shape index (κ1) is 23.5. The van der Waals surface area contributed by atoms with Crippen LogP contribution in [0.1, 0.15) is 26.2 Å². The number of ether oxygens (including phenoxy) is 2. The number of hydrogen-bond acceptors (Lipinski definition) is 6. The molecule has 4 rings (SSSR count). The van der Waals surface area contributed by atoms with Gasteiger partial charge in [0.15, 0.2) is 0 Å². The summed E-state index contributed by atoms with van der Waals surface area (Å²) < 4.78 is 11.6. The molecule has 3 fully saturated rings. The molecule has 1 unspecified atom stereocenters. The number of amides is 2. The smallest absolute Gasteiger partial charge is 0.312 e. The number of fused-ring (bicyclic) bond motifs is 1. The van der Waals surface area contributed by atoms with E-state index >= 15 is 0 Å². The highest BCUT2D eigenvalue weighted by Crippen LogP contribution is 2.60. The molecule has 32 heavy (non-hydrogen) atoms. The third kappa shape index (κ3) is 3.83. The second kappa shape index (κ2) is 9.29. The summed E-state index contributed by atoms with van der Waals surface area (Å²) in [7, 11) is 0. The van der Waals surface area contributed by atoms with Gasteiger partial charge in [0.05, 0.1) is 24.5 Å². The van der Waals surface area contributed by atoms with Gasteiger partial charge in [-0.3, -0.25) is 14.4 Å². The highest BCUT2D eigenvalue weighted by atomic mass is 79.9. The standard InChI is InChI=1S/C22H26BrClN2O6/c1-2-31-21(30)15-16-20(29)26(9-3-4-10-27)18(22(16)11-14(23)17(15)32-22)19(28)25-13-7-5-12(24)6-8-13/h5-8,14-18,27H,2-4,9-11H2,1H3,(H,25,28)/t14?,15-,16+,17-,18-,22+/m0/s1. The number of nitrogens with zero attached hydrogens (tertiary/aromatic N) is 1. The predicted molar refractivity (Wildman–Crippen MR) is 120 cm³/mol. The number of carbonyl (C=O) groups excluding carboxylic acids is 3. The summed E-state index contributed by atoms with van der Waals surface area (Å²) in [4.78, 5) is 41.2. The van der Waals surface area contributed by atoms with Gasteiger partial charge in [0.25, 0.3) is 0 Å². The van der Waals surface area contributed by atoms with Crippen molar-refractivity contribution in [3.63, 3.8) is 0 Å². The van der Waals surface area contributed by atoms with E-state index in [4.69, 9.17) is 21.1 Å². The Bertz CT molecular complexity index is 899. The SMILES string of the molecule is CCOC(=O)[C@@H]1[C@H]2O[C@@]3(CC2Br)[C@H](C(=O)Nc2ccc(Cl)cc2)N(CCCCO)C(=O)[C@@H]13. The van der Waals surface area contributed by atoms with E-state index < -0.39 is 35.6 Å². The maximum atomic E-state index is 13.6. The second-order valence-corrected chi connectivity index (χ2v) is 9.99. The number of carbonyl (C=O) groups is 3. The molecule has 1 aromatic rings. The van der Waals surface area contributed by atoms with E-state index in [0.29, 0.717) is 30.0 Å². The van der Waals surface area contributed by atoms with Gasteiger partial charge in [-0.25, -0.2) is 0 Å². The number of aliphatic hydroxyl groups is 1. The number of likely N-dealkylation sites (tertiary alicyclic amines) is 1. The van der Waals surface area contributed by atoms with Crippen LogP contribution in [0.3, 0.4) is 0 Å². The topological polar surface area (TPSA) is 105 Å². The van der Waals surface area contributed by atoms with Crippen LogP contribution in [0.4, 0.5) is 5.69 Å². The van der Waals surface area contributed by atoms with Crippen LogP contribution in [0.15, 0.2) is 24.3 Å². The maximum absolute atomic E-state index is 13.6. The molecule has 3 heterocycles. The fraction of sp³-hybridized carbons (Fsp3) is 0.591. The quantitative estimate of drug-likeness (QED) is 0.304. The summed E-state index contributed by atoms with van der Waals surface area (Å²) in [6.45, 7) is 2.19. The van der Waals surface area contributed by atoms with Gasteiger partial charge in [0, 0.05) is 28.7 Å². The highest BCUT2D eigenvalue weighted by Gasteiger charge is 2.76. The molecule has 3 aliphatic rings. The van der Waals surface area contributed by atoms with Crippen molar-refractivity contribution >= 4 is 51.0 Å². The third-order valence-corrected chi connectivity index (χ3v) is 7.61. The molecule has 1 spiro atoms. The van der Waals surface area contributed by atoms with Crippen LogP contribution >= 0.6 is 27.5 Å². The van der Waals surface area contributed by atoms with Gasteiger partial charge in [0.2, 0.25) is 11.8 Å². The number of esters is 1. The minimum absolute atomic E-state index is 0.00820. The molecule has 0 saturated carbocycles. The van der Waals surface area contributed by atoms with Gasteiger partial charge in [-0.1, -0.05) is 27.5 Å². The lowest BCUT2D eigenvalue weighted by atomic mass is 9.70. The molecule has 3 saturated heterocycles. The normalized spacial score (nSPS) is 32.8. The minimum Gasteiger partial charge on any atom is -0.466 e. The molecule has 6 atom stereocenters. The van der Waals surface area contributed by atoms with E-state index in [-0.39, 0.29) is 36.4 Å². The van der Waals surface area contributed by atoms with Gasteiger partial charge in [-0.15, -0.1) is 0 Å². The summed E-state index contributed by atoms with van der Waals surface area (Å²) >= 11 is 9.54. The van der Waals surface area contributed by atoms with E-state index in [1.807, 2.05) is 0 Å². The number of alkyl halides is 1. The molecule has 10 heteroatoms. The van der Waals surface area contributed by atoms with E-state index in [1.54, 1.807) is 31.2 Å². The van der Waals surface area contributed by atoms with Crippen molar-refractivity contribution in [2.24, 2.45) is 11.8 Å². The van der Waals surface area contributed by atoms with Crippen molar-refractivity contribution in [2.75, 3.05) is 25.1 Å². The van der Waals surface area contributed by atoms with Crippen LogP contribution in [0.5, 0.6) is 0 Å². The first-order chi connectivity index (χ1) is 15.3. The molecule has 0 aromatic heterocycles. The van der Waals surface area contributed by atoms with Crippen molar-refractivity contribution in [2.45, 2.75) is 48.8 Å². The Morgan fingerprint density at radius 1 is 1.34 bits per heavy atom. The summed E-state index contributed by atoms with van der Waals surface area (Å²) in [6, 6.07) is 5.80. The molecule has 0 aliphatic carbocycles. The Kier molecular flexibility index (Phi) is 6.81. The number of hydrogen-bond donors (Lipinski definition) is 2. The lowest BCUT2D eigenvalue weighted by Gasteiger charge is -2.34. The van der Waals surface area contributed by atoms with Crippen LogP contribution < -0.4 is 5.32 Å². The van der Waals surface area contributed by atoms with Crippen molar-refractivity contribution in [1.29, 1.82) is 0 Å². The van der Waals surface area contributed by atoms with Crippen molar-refractivity contribution in [3.05, 3.63) is 29.3 Å². The first-order valence-corrected chi connectivity index (χ1v) is 12.1. The monoisotopic (exact) mass is 528 g/mol. The van der Waals surface area contributed by atoms with E-state index in [9.17, 15) is 19.5 Å². The van der Waals surface area contributed by atoms with Gasteiger partial charge in [0.1, 0.15) is 11.6 Å². The van der Waals surface area contributed by atoms with Gasteiger partial charge < -0.3 is 24.8 Å². The van der Waals surface area contributed by atoms with E-state index in [1.165, 1.54) is 4.90 Å². The lowest BCUT2D eigenvalue weighted by Crippen LogP contribution is -2.54. The molecular formula is C22H26BrClN2O6. The Balaban J connectivity index is 1.68. The molecule has 174 valence electrons. The molecule has 8 nitrogen and oxygen atoms in total. The van der Waals surface area contributed by atoms with Gasteiger partial charge in [-0.05, 0) is 50.5 Å². The zero-order valence-corrected chi connectivity index (χ0v) is 20.0. The first-order valence-electron chi connectivity index (χ1n) is 10.8. The fourth-order valence-electron chi connectivity index (χ4n) is 5.32. The number of aliphatic hydroxyl groups excluding tert-OH is 1. The molecule has 1 aromatic carbocycles. The zero-order valence-electron chi connectivity index (χ0n) is 17.6. The van der Waals surface area contributed by atoms with Crippen LogP contribution in [0.25, 0.3) is 0 Å². The summed E-state index contributed by atoms with van der Waals surface area (Å²) in [5.41, 5.74) is -0.574. The summed E-state index contributed by atoms with van der Waals surface area (Å²) in [6.07, 6.45) is 0.923. The number of unbranched alkanes of at least 4 members (excludes halogenated alkanes) is 1. The van der Waals surface area contributed by atoms with Crippen molar-refractivity contribution in [3.8, 4) is 0 Å². The number of rotatable bonds is 8. The number of nitrogens with one attached hydrogen (secondary N) is 1. The predicted octanol–water partition coefficient (Wildman–Crippen LogP) is 2.36. The summed E-state index contributed by atoms with van der Waals surface area (Å²) in [5, 5.41) is 12.6. The highest BCUT2D eigenvalue weighted by molar-refractivity contribution is 9.09. The van der Waals surface area contributed by atoms with Gasteiger partial charge in [-0.2, -0.15) is 0 Å². The van der Waals surface area contributed by atoms with Crippen LogP contribution in [0.2, 0.25) is 5.02 Å². The fourth-order valence-corrected chi connectivity index (χ4v) is 6.38. The Hall–Kier alpha value is -1.68. The minimum atomic E-state index is -1.12. The van der Waals surface area contributed by atoms with Crippen LogP contribution in [-0.4, -0.2) is 70.1 Å². The number of halogens is 2. The number of anilines is 1. The van der Waals surface area contributed by atoms with Crippen molar-refractivity contribution < 1.29 is 29.0 Å². The largest absolute Gasteiger partial charge is 0.466 e. The third-order valence-electron chi connectivity index (χ3n) is 6.52. The molecule has 3 aliphatic heterocycles. The van der Waals surface area contributed by atoms with Crippen molar-refractivity contribution in [1.82, 2.24) is 4.90 Å². The molecule has 2 amide bonds. The average Bonchev–Trinajstić information content (AvgIpc) is 3.34. The summed E-state index contributed by atoms with van der Waals surface area (Å²) in [5.74, 6) is -2.68.